The van der Waals surface area contributed by atoms with E-state index in [1.54, 1.807) is 9.80 Å². The third kappa shape index (κ3) is 5.34. The van der Waals surface area contributed by atoms with Gasteiger partial charge in [-0.2, -0.15) is 13.2 Å². The number of hydrogen-bond donors (Lipinski definition) is 0. The van der Waals surface area contributed by atoms with Crippen molar-refractivity contribution in [3.63, 3.8) is 0 Å². The van der Waals surface area contributed by atoms with Gasteiger partial charge in [-0.1, -0.05) is 0 Å². The first-order valence-electron chi connectivity index (χ1n) is 10.8. The Balaban J connectivity index is 1.36. The van der Waals surface area contributed by atoms with Crippen molar-refractivity contribution in [2.24, 2.45) is 0 Å². The van der Waals surface area contributed by atoms with E-state index in [4.69, 9.17) is 4.74 Å². The second-order valence-corrected chi connectivity index (χ2v) is 10.6. The van der Waals surface area contributed by atoms with E-state index in [9.17, 15) is 35.2 Å². The average molecular weight is 519 g/mol. The minimum Gasteiger partial charge on any atom is -0.477 e. The Bertz CT molecular complexity index is 1230. The van der Waals surface area contributed by atoms with E-state index >= 15 is 0 Å². The van der Waals surface area contributed by atoms with E-state index in [1.807, 2.05) is 0 Å². The molecule has 1 unspecified atom stereocenters. The summed E-state index contributed by atoms with van der Waals surface area (Å²) >= 11 is 0. The summed E-state index contributed by atoms with van der Waals surface area (Å²) in [7, 11) is -3.59. The molecule has 0 radical (unpaired) electrons. The molecule has 1 aromatic heterocycles. The molecule has 3 heterocycles. The summed E-state index contributed by atoms with van der Waals surface area (Å²) in [5.41, 5.74) is -1.16. The van der Waals surface area contributed by atoms with Crippen LogP contribution < -0.4 is 9.64 Å². The highest BCUT2D eigenvalue weighted by atomic mass is 32.2. The fraction of sp³-hybridized carbons (Fsp3) is 0.455. The quantitative estimate of drug-likeness (QED) is 0.564. The molecule has 1 amide bonds. The van der Waals surface area contributed by atoms with Crippen molar-refractivity contribution < 1.29 is 39.9 Å². The van der Waals surface area contributed by atoms with E-state index in [0.717, 1.165) is 12.3 Å². The standard InChI is InChI=1S/C22H22F5N3O4S/c1-35(32,33)15-2-3-18(16(23)11-15)34-19-6-9-30(21(19)31)14-4-7-29(8-5-14)20-17(24)10-13(12-28-20)22(25,26)27/h2-3,10-12,14,19H,4-9H2,1H3. The lowest BCUT2D eigenvalue weighted by Gasteiger charge is -2.37. The van der Waals surface area contributed by atoms with Gasteiger partial charge in [-0.3, -0.25) is 4.79 Å². The zero-order chi connectivity index (χ0) is 25.5. The number of carbonyl (C=O) groups excluding carboxylic acids is 1. The van der Waals surface area contributed by atoms with Crippen molar-refractivity contribution in [1.82, 2.24) is 9.88 Å². The largest absolute Gasteiger partial charge is 0.477 e. The van der Waals surface area contributed by atoms with Gasteiger partial charge in [0.25, 0.3) is 5.91 Å². The first kappa shape index (κ1) is 25.1. The lowest BCUT2D eigenvalue weighted by molar-refractivity contribution is -0.138. The Labute approximate surface area is 198 Å². The number of rotatable bonds is 5. The molecule has 2 aliphatic rings. The fourth-order valence-electron chi connectivity index (χ4n) is 4.32. The number of anilines is 1. The van der Waals surface area contributed by atoms with Gasteiger partial charge in [-0.15, -0.1) is 0 Å². The number of likely N-dealkylation sites (tertiary alicyclic amines) is 1. The minimum atomic E-state index is -4.69. The van der Waals surface area contributed by atoms with Crippen molar-refractivity contribution in [2.75, 3.05) is 30.8 Å². The number of ether oxygens (including phenoxy) is 1. The van der Waals surface area contributed by atoms with Crippen LogP contribution in [0, 0.1) is 11.6 Å². The molecule has 13 heteroatoms. The second kappa shape index (κ2) is 9.25. The predicted octanol–water partition coefficient (Wildman–Crippen LogP) is 3.43. The van der Waals surface area contributed by atoms with Gasteiger partial charge in [0.1, 0.15) is 0 Å². The molecule has 0 spiro atoms. The maximum atomic E-state index is 14.3. The van der Waals surface area contributed by atoms with Crippen LogP contribution in [0.1, 0.15) is 24.8 Å². The van der Waals surface area contributed by atoms with Crippen LogP contribution in [0.2, 0.25) is 0 Å². The van der Waals surface area contributed by atoms with Crippen LogP contribution in [0.25, 0.3) is 0 Å². The summed E-state index contributed by atoms with van der Waals surface area (Å²) in [6.45, 7) is 0.942. The second-order valence-electron chi connectivity index (χ2n) is 8.54. The molecule has 2 fully saturated rings. The Hall–Kier alpha value is -2.96. The molecule has 7 nitrogen and oxygen atoms in total. The van der Waals surface area contributed by atoms with E-state index < -0.39 is 39.3 Å². The van der Waals surface area contributed by atoms with Gasteiger partial charge >= 0.3 is 6.18 Å². The van der Waals surface area contributed by atoms with Gasteiger partial charge in [0, 0.05) is 44.5 Å². The number of hydrogen-bond acceptors (Lipinski definition) is 6. The maximum Gasteiger partial charge on any atom is 0.417 e. The summed E-state index contributed by atoms with van der Waals surface area (Å²) in [6, 6.07) is 3.44. The van der Waals surface area contributed by atoms with E-state index in [0.29, 0.717) is 38.1 Å². The number of nitrogens with zero attached hydrogens (tertiary/aromatic N) is 3. The van der Waals surface area contributed by atoms with Gasteiger partial charge in [-0.25, -0.2) is 22.2 Å². The van der Waals surface area contributed by atoms with Gasteiger partial charge in [0.2, 0.25) is 0 Å². The molecule has 35 heavy (non-hydrogen) atoms. The van der Waals surface area contributed by atoms with Crippen LogP contribution in [0.15, 0.2) is 35.4 Å². The molecule has 0 aliphatic carbocycles. The number of piperidine rings is 1. The SMILES string of the molecule is CS(=O)(=O)c1ccc(OC2CCN(C3CCN(c4ncc(C(F)(F)F)cc4F)CC3)C2=O)c(F)c1. The predicted molar refractivity (Wildman–Crippen MR) is 115 cm³/mol. The monoisotopic (exact) mass is 519 g/mol. The number of aromatic nitrogens is 1. The molecule has 2 aliphatic heterocycles. The molecule has 4 rings (SSSR count). The maximum absolute atomic E-state index is 14.3. The zero-order valence-corrected chi connectivity index (χ0v) is 19.4. The highest BCUT2D eigenvalue weighted by molar-refractivity contribution is 7.90. The molecule has 0 bridgehead atoms. The normalized spacial score (nSPS) is 19.9. The van der Waals surface area contributed by atoms with Crippen molar-refractivity contribution in [3.05, 3.63) is 47.7 Å². The number of amides is 1. The first-order valence-corrected chi connectivity index (χ1v) is 12.7. The molecular formula is C22H22F5N3O4S. The van der Waals surface area contributed by atoms with Gasteiger partial charge in [0.05, 0.1) is 10.5 Å². The summed E-state index contributed by atoms with van der Waals surface area (Å²) in [6.07, 6.45) is -2.88. The van der Waals surface area contributed by atoms with E-state index in [2.05, 4.69) is 4.98 Å². The summed E-state index contributed by atoms with van der Waals surface area (Å²) in [5, 5.41) is 0. The molecule has 2 saturated heterocycles. The topological polar surface area (TPSA) is 79.8 Å². The van der Waals surface area contributed by atoms with E-state index in [-0.39, 0.29) is 41.5 Å². The van der Waals surface area contributed by atoms with Gasteiger partial charge in [-0.05, 0) is 37.1 Å². The van der Waals surface area contributed by atoms with Gasteiger partial charge < -0.3 is 14.5 Å². The molecule has 190 valence electrons. The summed E-state index contributed by atoms with van der Waals surface area (Å²) < 4.78 is 95.5. The number of sulfone groups is 1. The smallest absolute Gasteiger partial charge is 0.417 e. The molecule has 0 saturated carbocycles. The number of benzene rings is 1. The van der Waals surface area contributed by atoms with Crippen molar-refractivity contribution in [2.45, 2.75) is 42.5 Å². The Morgan fingerprint density at radius 1 is 1.03 bits per heavy atom. The van der Waals surface area contributed by atoms with Crippen LogP contribution in [0.4, 0.5) is 27.8 Å². The highest BCUT2D eigenvalue weighted by Gasteiger charge is 2.39. The van der Waals surface area contributed by atoms with Gasteiger partial charge in [0.15, 0.2) is 39.1 Å². The molecule has 1 aromatic carbocycles. The molecule has 0 N–H and O–H groups in total. The van der Waals surface area contributed by atoms with Crippen LogP contribution in [-0.4, -0.2) is 62.2 Å². The molecular weight excluding hydrogens is 497 g/mol. The molecule has 2 aromatic rings. The minimum absolute atomic E-state index is 0.168. The van der Waals surface area contributed by atoms with Crippen LogP contribution in [0.5, 0.6) is 5.75 Å². The first-order chi connectivity index (χ1) is 16.3. The van der Waals surface area contributed by atoms with Crippen LogP contribution in [0.3, 0.4) is 0 Å². The lowest BCUT2D eigenvalue weighted by atomic mass is 10.0. The summed E-state index contributed by atoms with van der Waals surface area (Å²) in [4.78, 5) is 19.5. The number of halogens is 5. The van der Waals surface area contributed by atoms with Crippen LogP contribution in [-0.2, 0) is 20.8 Å². The summed E-state index contributed by atoms with van der Waals surface area (Å²) in [5.74, 6) is -2.69. The fourth-order valence-corrected chi connectivity index (χ4v) is 4.95. The van der Waals surface area contributed by atoms with Crippen molar-refractivity contribution in [1.29, 1.82) is 0 Å². The van der Waals surface area contributed by atoms with Crippen LogP contribution >= 0.6 is 0 Å². The Kier molecular flexibility index (Phi) is 6.64. The third-order valence-electron chi connectivity index (χ3n) is 6.15. The average Bonchev–Trinajstić information content (AvgIpc) is 3.14. The number of pyridine rings is 1. The Morgan fingerprint density at radius 3 is 2.29 bits per heavy atom. The van der Waals surface area contributed by atoms with Crippen molar-refractivity contribution in [3.8, 4) is 5.75 Å². The highest BCUT2D eigenvalue weighted by Crippen LogP contribution is 2.33. The third-order valence-corrected chi connectivity index (χ3v) is 7.26. The Morgan fingerprint density at radius 2 is 1.71 bits per heavy atom. The zero-order valence-electron chi connectivity index (χ0n) is 18.6. The molecule has 1 atom stereocenters. The number of alkyl halides is 3. The van der Waals surface area contributed by atoms with Crippen molar-refractivity contribution >= 4 is 21.6 Å². The number of carbonyl (C=O) groups is 1. The van der Waals surface area contributed by atoms with E-state index in [1.165, 1.54) is 12.1 Å². The lowest BCUT2D eigenvalue weighted by Crippen LogP contribution is -2.47.